The number of carbonyl (C=O) groups excluding carboxylic acids is 1. The molecule has 132 valence electrons. The van der Waals surface area contributed by atoms with Crippen molar-refractivity contribution in [3.63, 3.8) is 0 Å². The van der Waals surface area contributed by atoms with Gasteiger partial charge in [-0.25, -0.2) is 14.6 Å². The molecule has 1 N–H and O–H groups in total. The summed E-state index contributed by atoms with van der Waals surface area (Å²) in [4.78, 5) is 21.5. The van der Waals surface area contributed by atoms with Gasteiger partial charge in [-0.05, 0) is 32.3 Å². The van der Waals surface area contributed by atoms with E-state index in [2.05, 4.69) is 51.6 Å². The van der Waals surface area contributed by atoms with Gasteiger partial charge in [0.2, 0.25) is 0 Å². The number of nitrogens with zero attached hydrogens (tertiary/aromatic N) is 4. The first kappa shape index (κ1) is 16.4. The molecule has 0 bridgehead atoms. The predicted molar refractivity (Wildman–Crippen MR) is 99.2 cm³/mol. The van der Waals surface area contributed by atoms with Crippen molar-refractivity contribution in [2.75, 3.05) is 5.32 Å². The second-order valence-corrected chi connectivity index (χ2v) is 6.80. The summed E-state index contributed by atoms with van der Waals surface area (Å²) in [6, 6.07) is 10.1. The van der Waals surface area contributed by atoms with Crippen LogP contribution in [0, 0.1) is 13.8 Å². The molecule has 6 heteroatoms. The first-order valence-corrected chi connectivity index (χ1v) is 8.82. The summed E-state index contributed by atoms with van der Waals surface area (Å²) in [6.07, 6.45) is 5.49. The monoisotopic (exact) mass is 347 g/mol. The van der Waals surface area contributed by atoms with Gasteiger partial charge in [0, 0.05) is 18.2 Å². The number of hydrogen-bond donors (Lipinski definition) is 1. The van der Waals surface area contributed by atoms with E-state index in [1.807, 2.05) is 6.92 Å². The quantitative estimate of drug-likeness (QED) is 0.767. The lowest BCUT2D eigenvalue weighted by atomic mass is 10.1. The van der Waals surface area contributed by atoms with Crippen molar-refractivity contribution in [3.05, 3.63) is 70.9 Å². The fraction of sp³-hybridized carbons (Fsp3) is 0.300. The molecule has 2 aromatic heterocycles. The Bertz CT molecular complexity index is 941. The highest BCUT2D eigenvalue weighted by Gasteiger charge is 2.30. The van der Waals surface area contributed by atoms with Crippen LogP contribution in [0.4, 0.5) is 5.82 Å². The Kier molecular flexibility index (Phi) is 4.24. The number of amides is 1. The van der Waals surface area contributed by atoms with Crippen molar-refractivity contribution >= 4 is 11.7 Å². The summed E-state index contributed by atoms with van der Waals surface area (Å²) in [5.41, 5.74) is 3.77. The number of aromatic nitrogens is 4. The molecule has 1 aliphatic rings. The van der Waals surface area contributed by atoms with Crippen molar-refractivity contribution in [1.29, 1.82) is 0 Å². The lowest BCUT2D eigenvalue weighted by Gasteiger charge is -2.11. The first-order valence-electron chi connectivity index (χ1n) is 8.82. The average molecular weight is 347 g/mol. The molecule has 26 heavy (non-hydrogen) atoms. The largest absolute Gasteiger partial charge is 0.307 e. The highest BCUT2D eigenvalue weighted by Crippen LogP contribution is 2.40. The third-order valence-corrected chi connectivity index (χ3v) is 4.56. The minimum absolute atomic E-state index is 0.183. The van der Waals surface area contributed by atoms with Crippen LogP contribution < -0.4 is 5.32 Å². The molecule has 0 atom stereocenters. The van der Waals surface area contributed by atoms with Gasteiger partial charge < -0.3 is 5.32 Å². The smallest absolute Gasteiger partial charge is 0.260 e. The zero-order valence-corrected chi connectivity index (χ0v) is 14.9. The second-order valence-electron chi connectivity index (χ2n) is 6.80. The molecule has 0 radical (unpaired) electrons. The van der Waals surface area contributed by atoms with Gasteiger partial charge in [-0.3, -0.25) is 4.79 Å². The number of benzene rings is 1. The highest BCUT2D eigenvalue weighted by molar-refractivity contribution is 6.04. The number of nitrogens with one attached hydrogen (secondary N) is 1. The fourth-order valence-corrected chi connectivity index (χ4v) is 2.95. The van der Waals surface area contributed by atoms with Gasteiger partial charge in [0.25, 0.3) is 5.91 Å². The van der Waals surface area contributed by atoms with Crippen molar-refractivity contribution in [1.82, 2.24) is 19.7 Å². The van der Waals surface area contributed by atoms with Gasteiger partial charge in [-0.1, -0.05) is 29.8 Å². The maximum Gasteiger partial charge on any atom is 0.260 e. The van der Waals surface area contributed by atoms with Gasteiger partial charge in [0.15, 0.2) is 0 Å². The Balaban J connectivity index is 1.54. The minimum Gasteiger partial charge on any atom is -0.307 e. The molecule has 3 aromatic rings. The van der Waals surface area contributed by atoms with Crippen molar-refractivity contribution < 1.29 is 4.79 Å². The molecule has 1 amide bonds. The SMILES string of the molecule is Cc1ccc(Cn2nccc2NC(=O)c2cnc(C)nc2C2CC2)cc1. The lowest BCUT2D eigenvalue weighted by molar-refractivity contribution is 0.102. The van der Waals surface area contributed by atoms with Crippen LogP contribution in [0.5, 0.6) is 0 Å². The summed E-state index contributed by atoms with van der Waals surface area (Å²) >= 11 is 0. The topological polar surface area (TPSA) is 72.7 Å². The molecule has 1 fully saturated rings. The molecular weight excluding hydrogens is 326 g/mol. The van der Waals surface area contributed by atoms with E-state index in [0.717, 1.165) is 24.1 Å². The standard InChI is InChI=1S/C20H21N5O/c1-13-3-5-15(6-4-13)12-25-18(9-10-22-25)24-20(26)17-11-21-14(2)23-19(17)16-7-8-16/h3-6,9-11,16H,7-8,12H2,1-2H3,(H,24,26). The Labute approximate surface area is 152 Å². The third-order valence-electron chi connectivity index (χ3n) is 4.56. The van der Waals surface area contributed by atoms with Crippen LogP contribution in [0.3, 0.4) is 0 Å². The molecule has 1 aromatic carbocycles. The van der Waals surface area contributed by atoms with Crippen LogP contribution in [-0.2, 0) is 6.54 Å². The molecule has 0 unspecified atom stereocenters. The summed E-state index contributed by atoms with van der Waals surface area (Å²) in [5, 5.41) is 7.30. The fourth-order valence-electron chi connectivity index (χ4n) is 2.95. The summed E-state index contributed by atoms with van der Waals surface area (Å²) in [6.45, 7) is 4.51. The van der Waals surface area contributed by atoms with Crippen LogP contribution in [0.2, 0.25) is 0 Å². The lowest BCUT2D eigenvalue weighted by Crippen LogP contribution is -2.19. The van der Waals surface area contributed by atoms with E-state index >= 15 is 0 Å². The highest BCUT2D eigenvalue weighted by atomic mass is 16.1. The first-order chi connectivity index (χ1) is 12.6. The third kappa shape index (κ3) is 3.49. The predicted octanol–water partition coefficient (Wildman–Crippen LogP) is 3.47. The van der Waals surface area contributed by atoms with Crippen LogP contribution >= 0.6 is 0 Å². The van der Waals surface area contributed by atoms with Gasteiger partial charge in [-0.2, -0.15) is 5.10 Å². The van der Waals surface area contributed by atoms with Gasteiger partial charge in [0.1, 0.15) is 11.6 Å². The van der Waals surface area contributed by atoms with E-state index in [9.17, 15) is 4.79 Å². The van der Waals surface area contributed by atoms with E-state index in [-0.39, 0.29) is 5.91 Å². The molecule has 6 nitrogen and oxygen atoms in total. The maximum absolute atomic E-state index is 12.8. The Morgan fingerprint density at radius 1 is 1.19 bits per heavy atom. The van der Waals surface area contributed by atoms with E-state index in [0.29, 0.717) is 29.7 Å². The molecule has 4 rings (SSSR count). The van der Waals surface area contributed by atoms with Crippen LogP contribution in [0.25, 0.3) is 0 Å². The van der Waals surface area contributed by atoms with E-state index in [1.165, 1.54) is 5.56 Å². The Morgan fingerprint density at radius 3 is 2.69 bits per heavy atom. The average Bonchev–Trinajstić information content (AvgIpc) is 3.39. The normalized spacial score (nSPS) is 13.6. The van der Waals surface area contributed by atoms with Crippen LogP contribution in [0.15, 0.2) is 42.7 Å². The van der Waals surface area contributed by atoms with Crippen LogP contribution in [0.1, 0.15) is 51.8 Å². The van der Waals surface area contributed by atoms with Gasteiger partial charge in [0.05, 0.1) is 24.0 Å². The molecule has 0 aliphatic heterocycles. The molecular formula is C20H21N5O. The number of rotatable bonds is 5. The van der Waals surface area contributed by atoms with Crippen LogP contribution in [-0.4, -0.2) is 25.7 Å². The Morgan fingerprint density at radius 2 is 1.96 bits per heavy atom. The molecule has 0 saturated heterocycles. The number of aryl methyl sites for hydroxylation is 2. The molecule has 1 saturated carbocycles. The Hall–Kier alpha value is -3.02. The zero-order valence-electron chi connectivity index (χ0n) is 14.9. The number of carbonyl (C=O) groups is 1. The van der Waals surface area contributed by atoms with Crippen molar-refractivity contribution in [2.24, 2.45) is 0 Å². The van der Waals surface area contributed by atoms with Crippen molar-refractivity contribution in [2.45, 2.75) is 39.2 Å². The van der Waals surface area contributed by atoms with Gasteiger partial charge >= 0.3 is 0 Å². The molecule has 2 heterocycles. The van der Waals surface area contributed by atoms with Gasteiger partial charge in [-0.15, -0.1) is 0 Å². The molecule has 0 spiro atoms. The zero-order chi connectivity index (χ0) is 18.1. The van der Waals surface area contributed by atoms with E-state index < -0.39 is 0 Å². The second kappa shape index (κ2) is 6.71. The maximum atomic E-state index is 12.8. The number of hydrogen-bond acceptors (Lipinski definition) is 4. The number of anilines is 1. The minimum atomic E-state index is -0.183. The van der Waals surface area contributed by atoms with E-state index in [1.54, 1.807) is 23.1 Å². The van der Waals surface area contributed by atoms with E-state index in [4.69, 9.17) is 0 Å². The summed E-state index contributed by atoms with van der Waals surface area (Å²) in [5.74, 6) is 1.57. The van der Waals surface area contributed by atoms with Crippen molar-refractivity contribution in [3.8, 4) is 0 Å². The summed E-state index contributed by atoms with van der Waals surface area (Å²) < 4.78 is 1.79. The molecule has 1 aliphatic carbocycles. The summed E-state index contributed by atoms with van der Waals surface area (Å²) in [7, 11) is 0.